The van der Waals surface area contributed by atoms with Crippen LogP contribution in [0, 0.1) is 0 Å². The molecule has 2 saturated heterocycles. The van der Waals surface area contributed by atoms with Gasteiger partial charge in [-0.05, 0) is 51.7 Å². The molecule has 4 aliphatic heterocycles. The number of benzene rings is 5. The second-order valence-corrected chi connectivity index (χ2v) is 21.8. The number of fused-ring (bicyclic) bond motifs is 2. The van der Waals surface area contributed by atoms with E-state index in [2.05, 4.69) is 0 Å². The van der Waals surface area contributed by atoms with Crippen LogP contribution in [0.15, 0.2) is 143 Å². The van der Waals surface area contributed by atoms with Crippen molar-refractivity contribution in [1.82, 2.24) is 10.1 Å². The first-order valence-corrected chi connectivity index (χ1v) is 22.3. The normalized spacial score (nSPS) is 25.4. The smallest absolute Gasteiger partial charge is 0.243 e. The minimum atomic E-state index is -3.32. The Kier molecular flexibility index (Phi) is 8.81. The van der Waals surface area contributed by atoms with Gasteiger partial charge in [-0.15, -0.1) is 10.1 Å². The molecule has 4 unspecified atom stereocenters. The number of halogens is 2. The van der Waals surface area contributed by atoms with E-state index in [0.717, 1.165) is 21.2 Å². The van der Waals surface area contributed by atoms with Crippen LogP contribution in [-0.4, -0.2) is 44.8 Å². The predicted molar refractivity (Wildman–Crippen MR) is 218 cm³/mol. The van der Waals surface area contributed by atoms with E-state index < -0.39 is 24.8 Å². The lowest BCUT2D eigenvalue weighted by atomic mass is 10.1. The highest BCUT2D eigenvalue weighted by molar-refractivity contribution is 7.80. The Bertz CT molecular complexity index is 2150. The monoisotopic (exact) mass is 794 g/mol. The Labute approximate surface area is 325 Å². The summed E-state index contributed by atoms with van der Waals surface area (Å²) in [5.74, 6) is 0.625. The molecular formula is C42H38Cl2N4O4P2. The van der Waals surface area contributed by atoms with Crippen molar-refractivity contribution >= 4 is 70.5 Å². The fourth-order valence-corrected chi connectivity index (χ4v) is 16.0. The first-order valence-electron chi connectivity index (χ1n) is 18.1. The highest BCUT2D eigenvalue weighted by Gasteiger charge is 2.61. The van der Waals surface area contributed by atoms with Crippen molar-refractivity contribution in [3.63, 3.8) is 0 Å². The highest BCUT2D eigenvalue weighted by Crippen LogP contribution is 2.65. The molecule has 0 aromatic heterocycles. The molecule has 0 bridgehead atoms. The summed E-state index contributed by atoms with van der Waals surface area (Å²) in [6.45, 7) is 4.03. The largest absolute Gasteiger partial charge is 0.382 e. The molecule has 0 radical (unpaired) electrons. The van der Waals surface area contributed by atoms with Gasteiger partial charge in [0.05, 0.1) is 21.2 Å². The third-order valence-corrected chi connectivity index (χ3v) is 19.9. The quantitative estimate of drug-likeness (QED) is 0.146. The molecule has 274 valence electrons. The van der Waals surface area contributed by atoms with Gasteiger partial charge in [0.15, 0.2) is 14.3 Å². The Hall–Kier alpha value is -4.00. The van der Waals surface area contributed by atoms with Crippen molar-refractivity contribution in [2.75, 3.05) is 0 Å². The molecule has 4 aliphatic rings. The highest BCUT2D eigenvalue weighted by atomic mass is 35.5. The summed E-state index contributed by atoms with van der Waals surface area (Å²) >= 11 is 13.4. The molecule has 4 atom stereocenters. The van der Waals surface area contributed by atoms with E-state index in [1.165, 1.54) is 0 Å². The first kappa shape index (κ1) is 35.7. The maximum absolute atomic E-state index is 15.7. The molecule has 0 amide bonds. The van der Waals surface area contributed by atoms with Crippen LogP contribution in [0.2, 0.25) is 10.0 Å². The third-order valence-electron chi connectivity index (χ3n) is 11.5. The summed E-state index contributed by atoms with van der Waals surface area (Å²) in [5, 5.41) is 5.47. The van der Waals surface area contributed by atoms with E-state index in [9.17, 15) is 0 Å². The Morgan fingerprint density at radius 2 is 0.852 bits per heavy atom. The second-order valence-electron chi connectivity index (χ2n) is 14.5. The first-order chi connectivity index (χ1) is 26.1. The fourth-order valence-electron chi connectivity index (χ4n) is 8.65. The van der Waals surface area contributed by atoms with E-state index in [-0.39, 0.29) is 12.3 Å². The molecule has 4 heterocycles. The predicted octanol–water partition coefficient (Wildman–Crippen LogP) is 8.68. The van der Waals surface area contributed by atoms with Crippen LogP contribution in [0.5, 0.6) is 0 Å². The average Bonchev–Trinajstić information content (AvgIpc) is 3.99. The number of nitrogens with zero attached hydrogens (tertiary/aromatic N) is 4. The zero-order valence-electron chi connectivity index (χ0n) is 29.8. The van der Waals surface area contributed by atoms with Gasteiger partial charge in [0, 0.05) is 21.2 Å². The maximum Gasteiger partial charge on any atom is 0.243 e. The summed E-state index contributed by atoms with van der Waals surface area (Å²) < 4.78 is 31.4. The van der Waals surface area contributed by atoms with Crippen molar-refractivity contribution in [2.24, 2.45) is 9.98 Å². The minimum absolute atomic E-state index is 0.313. The van der Waals surface area contributed by atoms with Gasteiger partial charge in [-0.1, -0.05) is 145 Å². The van der Waals surface area contributed by atoms with Crippen molar-refractivity contribution < 1.29 is 18.8 Å². The van der Waals surface area contributed by atoms with Gasteiger partial charge in [-0.25, -0.2) is 9.98 Å². The van der Waals surface area contributed by atoms with Crippen LogP contribution in [0.25, 0.3) is 0 Å². The van der Waals surface area contributed by atoms with Crippen LogP contribution in [0.1, 0.15) is 50.7 Å². The van der Waals surface area contributed by atoms with Crippen molar-refractivity contribution in [3.8, 4) is 0 Å². The lowest BCUT2D eigenvalue weighted by Crippen LogP contribution is -2.47. The van der Waals surface area contributed by atoms with Gasteiger partial charge in [0.25, 0.3) is 0 Å². The lowest BCUT2D eigenvalue weighted by Gasteiger charge is -2.40. The molecule has 5 aromatic rings. The maximum atomic E-state index is 15.7. The van der Waals surface area contributed by atoms with Crippen LogP contribution >= 0.6 is 37.5 Å². The topological polar surface area (TPSA) is 83.8 Å². The molecule has 5 aromatic carbocycles. The van der Waals surface area contributed by atoms with E-state index in [0.29, 0.717) is 58.7 Å². The molecule has 0 aliphatic carbocycles. The van der Waals surface area contributed by atoms with Crippen molar-refractivity contribution in [1.29, 1.82) is 0 Å². The number of aliphatic imine (C=N–C) groups is 2. The van der Waals surface area contributed by atoms with E-state index in [1.54, 1.807) is 12.1 Å². The molecule has 0 spiro atoms. The molecule has 9 rings (SSSR count). The summed E-state index contributed by atoms with van der Waals surface area (Å²) in [6, 6.07) is 42.0. The standard InChI is InChI=1S/C42H38Cl2N4O4P2/c1-41(53(49,29-15-7-3-8-16-29)30-17-9-4-10-18-30)25-23-37-45-39(51-47(37)41)33-27-35(43)36(44)28-34(33)40-46-38-24-26-42(2,48(38)52-40)54(50,31-19-11-5-12-20-31)32-21-13-6-14-22-32/h3-22,27-28,37-38H,23-26H2,1-2H3. The number of hydrogen-bond acceptors (Lipinski definition) is 8. The minimum Gasteiger partial charge on any atom is -0.382 e. The summed E-state index contributed by atoms with van der Waals surface area (Å²) in [4.78, 5) is 23.6. The van der Waals surface area contributed by atoms with Gasteiger partial charge < -0.3 is 18.8 Å². The average molecular weight is 796 g/mol. The van der Waals surface area contributed by atoms with Gasteiger partial charge >= 0.3 is 0 Å². The number of hydroxylamine groups is 4. The zero-order chi connectivity index (χ0) is 37.3. The lowest BCUT2D eigenvalue weighted by molar-refractivity contribution is -0.103. The Morgan fingerprint density at radius 1 is 0.556 bits per heavy atom. The van der Waals surface area contributed by atoms with E-state index in [1.807, 2.05) is 145 Å². The van der Waals surface area contributed by atoms with E-state index in [4.69, 9.17) is 42.9 Å². The van der Waals surface area contributed by atoms with Crippen LogP contribution in [0.4, 0.5) is 0 Å². The van der Waals surface area contributed by atoms with Gasteiger partial charge in [0.2, 0.25) is 11.8 Å². The van der Waals surface area contributed by atoms with Crippen LogP contribution in [0.3, 0.4) is 0 Å². The van der Waals surface area contributed by atoms with Gasteiger partial charge in [-0.2, -0.15) is 0 Å². The number of rotatable bonds is 8. The molecule has 12 heteroatoms. The zero-order valence-corrected chi connectivity index (χ0v) is 33.1. The van der Waals surface area contributed by atoms with E-state index >= 15 is 9.13 Å². The molecule has 0 saturated carbocycles. The summed E-state index contributed by atoms with van der Waals surface area (Å²) in [6.07, 6.45) is 1.73. The van der Waals surface area contributed by atoms with Gasteiger partial charge in [0.1, 0.15) is 22.9 Å². The Balaban J connectivity index is 1.08. The summed E-state index contributed by atoms with van der Waals surface area (Å²) in [7, 11) is -6.63. The Morgan fingerprint density at radius 3 is 1.15 bits per heavy atom. The fraction of sp³-hybridized carbons (Fsp3) is 0.238. The number of hydrogen-bond donors (Lipinski definition) is 0. The van der Waals surface area contributed by atoms with Gasteiger partial charge in [-0.3, -0.25) is 0 Å². The molecule has 8 nitrogen and oxygen atoms in total. The van der Waals surface area contributed by atoms with Crippen LogP contribution in [-0.2, 0) is 18.8 Å². The summed E-state index contributed by atoms with van der Waals surface area (Å²) in [5.41, 5.74) is 1.10. The van der Waals surface area contributed by atoms with Crippen molar-refractivity contribution in [2.45, 2.75) is 62.4 Å². The molecular weight excluding hydrogens is 757 g/mol. The molecule has 54 heavy (non-hydrogen) atoms. The second kappa shape index (κ2) is 13.3. The van der Waals surface area contributed by atoms with Crippen LogP contribution < -0.4 is 21.2 Å². The third kappa shape index (κ3) is 5.26. The molecule has 2 fully saturated rings. The molecule has 0 N–H and O–H groups in total. The van der Waals surface area contributed by atoms with Crippen molar-refractivity contribution in [3.05, 3.63) is 155 Å². The SMILES string of the molecule is CC1(P(=O)(c2ccccc2)c2ccccc2)CCC2N=C(c3cc(Cl)c(Cl)cc3C3=NC4CCC(C)(P(=O)(c5ccccc5)c5ccccc5)N4O3)ON21.